The van der Waals surface area contributed by atoms with Gasteiger partial charge in [0.1, 0.15) is 0 Å². The third kappa shape index (κ3) is 4.97. The van der Waals surface area contributed by atoms with Crippen LogP contribution in [0.2, 0.25) is 0 Å². The van der Waals surface area contributed by atoms with Crippen molar-refractivity contribution in [3.05, 3.63) is 35.9 Å². The molecule has 0 aliphatic carbocycles. The van der Waals surface area contributed by atoms with E-state index in [1.807, 2.05) is 4.90 Å². The number of nitrogens with one attached hydrogen (secondary N) is 1. The maximum absolute atomic E-state index is 12.1. The van der Waals surface area contributed by atoms with Gasteiger partial charge in [0.2, 0.25) is 0 Å². The Morgan fingerprint density at radius 3 is 2.48 bits per heavy atom. The van der Waals surface area contributed by atoms with Crippen LogP contribution in [0.1, 0.15) is 56.9 Å². The highest BCUT2D eigenvalue weighted by molar-refractivity contribution is 5.75. The van der Waals surface area contributed by atoms with E-state index in [9.17, 15) is 4.79 Å². The first-order valence-electron chi connectivity index (χ1n) is 10.1. The molecule has 2 aliphatic rings. The summed E-state index contributed by atoms with van der Waals surface area (Å²) in [4.78, 5) is 16.7. The van der Waals surface area contributed by atoms with Crippen LogP contribution in [0, 0.1) is 0 Å². The molecule has 4 nitrogen and oxygen atoms in total. The van der Waals surface area contributed by atoms with Crippen molar-refractivity contribution in [1.29, 1.82) is 0 Å². The zero-order valence-corrected chi connectivity index (χ0v) is 15.6. The van der Waals surface area contributed by atoms with Crippen molar-refractivity contribution < 1.29 is 4.79 Å². The maximum Gasteiger partial charge on any atom is 0.317 e. The van der Waals surface area contributed by atoms with Gasteiger partial charge in [0.15, 0.2) is 0 Å². The van der Waals surface area contributed by atoms with Crippen molar-refractivity contribution >= 4 is 6.03 Å². The highest BCUT2D eigenvalue weighted by atomic mass is 16.2. The number of hydrogen-bond acceptors (Lipinski definition) is 2. The Kier molecular flexibility index (Phi) is 6.74. The van der Waals surface area contributed by atoms with Gasteiger partial charge in [-0.2, -0.15) is 0 Å². The van der Waals surface area contributed by atoms with Crippen molar-refractivity contribution in [3.63, 3.8) is 0 Å². The van der Waals surface area contributed by atoms with Crippen LogP contribution in [0.3, 0.4) is 0 Å². The zero-order valence-electron chi connectivity index (χ0n) is 15.6. The topological polar surface area (TPSA) is 35.6 Å². The summed E-state index contributed by atoms with van der Waals surface area (Å²) in [5, 5.41) is 3.06. The van der Waals surface area contributed by atoms with Crippen molar-refractivity contribution in [2.24, 2.45) is 0 Å². The molecule has 0 bridgehead atoms. The van der Waals surface area contributed by atoms with Gasteiger partial charge in [-0.3, -0.25) is 4.90 Å². The van der Waals surface area contributed by atoms with E-state index in [1.54, 1.807) is 0 Å². The molecule has 0 radical (unpaired) electrons. The lowest BCUT2D eigenvalue weighted by atomic mass is 9.88. The van der Waals surface area contributed by atoms with E-state index in [1.165, 1.54) is 37.7 Å². The molecule has 2 amide bonds. The highest BCUT2D eigenvalue weighted by Gasteiger charge is 2.36. The van der Waals surface area contributed by atoms with Gasteiger partial charge in [-0.1, -0.05) is 56.5 Å². The number of urea groups is 1. The predicted molar refractivity (Wildman–Crippen MR) is 103 cm³/mol. The highest BCUT2D eigenvalue weighted by Crippen LogP contribution is 2.30. The molecule has 4 heteroatoms. The molecule has 25 heavy (non-hydrogen) atoms. The summed E-state index contributed by atoms with van der Waals surface area (Å²) in [5.41, 5.74) is 1.49. The average molecular weight is 344 g/mol. The summed E-state index contributed by atoms with van der Waals surface area (Å²) in [6, 6.07) is 11.6. The molecule has 0 atom stereocenters. The third-order valence-electron chi connectivity index (χ3n) is 5.77. The normalized spacial score (nSPS) is 19.6. The fourth-order valence-corrected chi connectivity index (χ4v) is 4.03. The average Bonchev–Trinajstić information content (AvgIpc) is 2.62. The number of likely N-dealkylation sites (tertiary alicyclic amines) is 2. The van der Waals surface area contributed by atoms with Gasteiger partial charge in [0, 0.05) is 25.7 Å². The van der Waals surface area contributed by atoms with E-state index in [0.717, 1.165) is 39.1 Å². The maximum atomic E-state index is 12.1. The van der Waals surface area contributed by atoms with E-state index >= 15 is 0 Å². The summed E-state index contributed by atoms with van der Waals surface area (Å²) < 4.78 is 0. The van der Waals surface area contributed by atoms with E-state index in [0.29, 0.717) is 12.0 Å². The zero-order chi connectivity index (χ0) is 17.5. The van der Waals surface area contributed by atoms with Gasteiger partial charge in [-0.25, -0.2) is 4.79 Å². The van der Waals surface area contributed by atoms with Gasteiger partial charge in [-0.05, 0) is 43.8 Å². The second-order valence-corrected chi connectivity index (χ2v) is 7.57. The van der Waals surface area contributed by atoms with Crippen LogP contribution in [0.5, 0.6) is 0 Å². The Balaban J connectivity index is 1.32. The summed E-state index contributed by atoms with van der Waals surface area (Å²) in [7, 11) is 0. The van der Waals surface area contributed by atoms with Crippen molar-refractivity contribution in [2.45, 2.75) is 57.4 Å². The van der Waals surface area contributed by atoms with Crippen LogP contribution >= 0.6 is 0 Å². The number of rotatable bonds is 7. The third-order valence-corrected chi connectivity index (χ3v) is 5.77. The first-order chi connectivity index (χ1) is 12.3. The Morgan fingerprint density at radius 2 is 1.80 bits per heavy atom. The van der Waals surface area contributed by atoms with Crippen molar-refractivity contribution in [3.8, 4) is 0 Å². The molecular weight excluding hydrogens is 310 g/mol. The molecule has 2 heterocycles. The molecule has 0 spiro atoms. The number of unbranched alkanes of at least 4 members (excludes halogenated alkanes) is 3. The molecule has 2 aliphatic heterocycles. The standard InChI is InChI=1S/C21H33N3O/c1-2-3-4-8-13-22-21(25)24-16-20(17-24)23-14-11-19(12-15-23)18-9-6-5-7-10-18/h5-7,9-10,19-20H,2-4,8,11-17H2,1H3,(H,22,25). The Bertz CT molecular complexity index is 519. The Morgan fingerprint density at radius 1 is 1.08 bits per heavy atom. The Hall–Kier alpha value is -1.55. The monoisotopic (exact) mass is 343 g/mol. The number of nitrogens with zero attached hydrogens (tertiary/aromatic N) is 2. The number of piperidine rings is 1. The lowest BCUT2D eigenvalue weighted by Gasteiger charge is -2.47. The molecule has 1 aromatic carbocycles. The molecule has 138 valence electrons. The van der Waals surface area contributed by atoms with Gasteiger partial charge >= 0.3 is 6.03 Å². The minimum atomic E-state index is 0.131. The van der Waals surface area contributed by atoms with E-state index < -0.39 is 0 Å². The fraction of sp³-hybridized carbons (Fsp3) is 0.667. The molecule has 0 saturated carbocycles. The van der Waals surface area contributed by atoms with E-state index in [-0.39, 0.29) is 6.03 Å². The summed E-state index contributed by atoms with van der Waals surface area (Å²) >= 11 is 0. The lowest BCUT2D eigenvalue weighted by Crippen LogP contribution is -2.63. The number of hydrogen-bond donors (Lipinski definition) is 1. The summed E-state index contributed by atoms with van der Waals surface area (Å²) in [6.45, 7) is 7.16. The molecule has 3 rings (SSSR count). The Labute approximate surface area is 152 Å². The van der Waals surface area contributed by atoms with Crippen LogP contribution < -0.4 is 5.32 Å². The smallest absolute Gasteiger partial charge is 0.317 e. The van der Waals surface area contributed by atoms with Gasteiger partial charge < -0.3 is 10.2 Å². The largest absolute Gasteiger partial charge is 0.338 e. The minimum Gasteiger partial charge on any atom is -0.338 e. The van der Waals surface area contributed by atoms with Crippen LogP contribution in [0.15, 0.2) is 30.3 Å². The van der Waals surface area contributed by atoms with E-state index in [2.05, 4.69) is 47.5 Å². The van der Waals surface area contributed by atoms with Gasteiger partial charge in [0.25, 0.3) is 0 Å². The summed E-state index contributed by atoms with van der Waals surface area (Å²) in [6.07, 6.45) is 7.30. The number of carbonyl (C=O) groups is 1. The second kappa shape index (κ2) is 9.23. The number of amides is 2. The molecule has 0 unspecified atom stereocenters. The predicted octanol–water partition coefficient (Wildman–Crippen LogP) is 3.84. The second-order valence-electron chi connectivity index (χ2n) is 7.57. The minimum absolute atomic E-state index is 0.131. The fourth-order valence-electron chi connectivity index (χ4n) is 4.03. The van der Waals surface area contributed by atoms with Crippen LogP contribution in [0.4, 0.5) is 4.79 Å². The molecule has 1 aromatic rings. The van der Waals surface area contributed by atoms with E-state index in [4.69, 9.17) is 0 Å². The lowest BCUT2D eigenvalue weighted by molar-refractivity contribution is 0.0414. The number of carbonyl (C=O) groups excluding carboxylic acids is 1. The van der Waals surface area contributed by atoms with Crippen molar-refractivity contribution in [2.75, 3.05) is 32.7 Å². The van der Waals surface area contributed by atoms with Crippen LogP contribution in [-0.4, -0.2) is 54.6 Å². The van der Waals surface area contributed by atoms with Gasteiger partial charge in [0.05, 0.1) is 0 Å². The molecule has 2 fully saturated rings. The van der Waals surface area contributed by atoms with Gasteiger partial charge in [-0.15, -0.1) is 0 Å². The SMILES string of the molecule is CCCCCCNC(=O)N1CC(N2CCC(c3ccccc3)CC2)C1. The molecule has 0 aromatic heterocycles. The first kappa shape index (κ1) is 18.2. The summed E-state index contributed by atoms with van der Waals surface area (Å²) in [5.74, 6) is 0.708. The molecule has 2 saturated heterocycles. The van der Waals surface area contributed by atoms with Crippen molar-refractivity contribution in [1.82, 2.24) is 15.1 Å². The molecule has 1 N–H and O–H groups in total. The van der Waals surface area contributed by atoms with Crippen LogP contribution in [-0.2, 0) is 0 Å². The number of benzene rings is 1. The molecular formula is C21H33N3O. The first-order valence-corrected chi connectivity index (χ1v) is 10.1. The quantitative estimate of drug-likeness (QED) is 0.764. The van der Waals surface area contributed by atoms with Crippen LogP contribution in [0.25, 0.3) is 0 Å².